The first kappa shape index (κ1) is 24.6. The Morgan fingerprint density at radius 3 is 2.33 bits per heavy atom. The van der Waals surface area contributed by atoms with E-state index >= 15 is 0 Å². The summed E-state index contributed by atoms with van der Waals surface area (Å²) in [5, 5.41) is 0. The maximum absolute atomic E-state index is 13.2. The standard InChI is InChI=1S/C22H27N3O7S/c1-30-19-7-9-20(10-8-19)33(28,29)25(16-22(27)24-11-13-31-14-12-24)15-21(26)23-32-17-18-5-3-2-4-6-18/h2-10H,11-17H2,1H3,(H,23,26). The van der Waals surface area contributed by atoms with Gasteiger partial charge in [0.2, 0.25) is 15.9 Å². The quantitative estimate of drug-likeness (QED) is 0.503. The van der Waals surface area contributed by atoms with Crippen LogP contribution < -0.4 is 10.2 Å². The molecule has 0 spiro atoms. The van der Waals surface area contributed by atoms with Crippen molar-refractivity contribution in [3.05, 3.63) is 60.2 Å². The first-order chi connectivity index (χ1) is 15.9. The van der Waals surface area contributed by atoms with E-state index in [1.165, 1.54) is 36.3 Å². The number of carbonyl (C=O) groups is 2. The van der Waals surface area contributed by atoms with E-state index in [1.807, 2.05) is 30.3 Å². The number of benzene rings is 2. The number of methoxy groups -OCH3 is 1. The number of hydroxylamine groups is 1. The van der Waals surface area contributed by atoms with Crippen molar-refractivity contribution in [2.75, 3.05) is 46.5 Å². The first-order valence-electron chi connectivity index (χ1n) is 10.3. The van der Waals surface area contributed by atoms with Gasteiger partial charge >= 0.3 is 0 Å². The summed E-state index contributed by atoms with van der Waals surface area (Å²) in [4.78, 5) is 31.9. The van der Waals surface area contributed by atoms with Crippen molar-refractivity contribution in [1.82, 2.24) is 14.7 Å². The Hall–Kier alpha value is -2.99. The number of amides is 2. The fourth-order valence-corrected chi connectivity index (χ4v) is 4.50. The fraction of sp³-hybridized carbons (Fsp3) is 0.364. The van der Waals surface area contributed by atoms with Gasteiger partial charge in [0.15, 0.2) is 0 Å². The van der Waals surface area contributed by atoms with Crippen LogP contribution in [0.2, 0.25) is 0 Å². The second-order valence-electron chi connectivity index (χ2n) is 7.24. The zero-order valence-electron chi connectivity index (χ0n) is 18.3. The third kappa shape index (κ3) is 6.99. The molecule has 11 heteroatoms. The van der Waals surface area contributed by atoms with E-state index in [-0.39, 0.29) is 11.5 Å². The maximum Gasteiger partial charge on any atom is 0.258 e. The lowest BCUT2D eigenvalue weighted by atomic mass is 10.2. The Morgan fingerprint density at radius 2 is 1.70 bits per heavy atom. The van der Waals surface area contributed by atoms with Crippen LogP contribution in [-0.2, 0) is 35.8 Å². The second-order valence-corrected chi connectivity index (χ2v) is 9.18. The largest absolute Gasteiger partial charge is 0.497 e. The summed E-state index contributed by atoms with van der Waals surface area (Å²) < 4.78 is 37.7. The summed E-state index contributed by atoms with van der Waals surface area (Å²) in [6.45, 7) is 0.531. The Morgan fingerprint density at radius 1 is 1.03 bits per heavy atom. The number of hydrogen-bond donors (Lipinski definition) is 1. The Balaban J connectivity index is 1.70. The molecule has 1 fully saturated rings. The van der Waals surface area contributed by atoms with Gasteiger partial charge in [-0.1, -0.05) is 30.3 Å². The molecule has 0 saturated carbocycles. The summed E-state index contributed by atoms with van der Waals surface area (Å²) in [6, 6.07) is 14.9. The molecule has 2 aromatic rings. The van der Waals surface area contributed by atoms with Crippen LogP contribution >= 0.6 is 0 Å². The van der Waals surface area contributed by atoms with E-state index in [2.05, 4.69) is 5.48 Å². The second kappa shape index (κ2) is 11.8. The van der Waals surface area contributed by atoms with Gasteiger partial charge in [-0.2, -0.15) is 4.31 Å². The van der Waals surface area contributed by atoms with E-state index in [0.717, 1.165) is 9.87 Å². The monoisotopic (exact) mass is 477 g/mol. The highest BCUT2D eigenvalue weighted by Gasteiger charge is 2.31. The fourth-order valence-electron chi connectivity index (χ4n) is 3.15. The van der Waals surface area contributed by atoms with Crippen molar-refractivity contribution in [3.63, 3.8) is 0 Å². The Kier molecular flexibility index (Phi) is 8.78. The molecule has 0 aliphatic carbocycles. The van der Waals surface area contributed by atoms with Crippen LogP contribution in [0.15, 0.2) is 59.5 Å². The summed E-state index contributed by atoms with van der Waals surface area (Å²) in [6.07, 6.45) is 0. The average molecular weight is 478 g/mol. The van der Waals surface area contributed by atoms with Crippen LogP contribution in [-0.4, -0.2) is 75.9 Å². The summed E-state index contributed by atoms with van der Waals surface area (Å²) >= 11 is 0. The van der Waals surface area contributed by atoms with E-state index in [0.29, 0.717) is 32.1 Å². The van der Waals surface area contributed by atoms with Gasteiger partial charge in [-0.15, -0.1) is 0 Å². The topological polar surface area (TPSA) is 114 Å². The molecule has 2 amide bonds. The van der Waals surface area contributed by atoms with E-state index in [9.17, 15) is 18.0 Å². The van der Waals surface area contributed by atoms with Gasteiger partial charge in [0.1, 0.15) is 5.75 Å². The van der Waals surface area contributed by atoms with Crippen LogP contribution in [0.4, 0.5) is 0 Å². The van der Waals surface area contributed by atoms with Crippen LogP contribution in [0.1, 0.15) is 5.56 Å². The molecule has 2 aromatic carbocycles. The van der Waals surface area contributed by atoms with Gasteiger partial charge in [0.25, 0.3) is 5.91 Å². The lowest BCUT2D eigenvalue weighted by Crippen LogP contribution is -2.49. The van der Waals surface area contributed by atoms with Crippen molar-refractivity contribution in [3.8, 4) is 5.75 Å². The molecule has 10 nitrogen and oxygen atoms in total. The summed E-state index contributed by atoms with van der Waals surface area (Å²) in [5.41, 5.74) is 3.08. The smallest absolute Gasteiger partial charge is 0.258 e. The van der Waals surface area contributed by atoms with E-state index in [4.69, 9.17) is 14.3 Å². The van der Waals surface area contributed by atoms with Gasteiger partial charge in [0, 0.05) is 13.1 Å². The molecule has 1 heterocycles. The molecule has 1 N–H and O–H groups in total. The lowest BCUT2D eigenvalue weighted by Gasteiger charge is -2.29. The number of sulfonamides is 1. The predicted octanol–water partition coefficient (Wildman–Crippen LogP) is 0.793. The maximum atomic E-state index is 13.2. The third-order valence-electron chi connectivity index (χ3n) is 4.96. The molecule has 0 bridgehead atoms. The van der Waals surface area contributed by atoms with Crippen LogP contribution in [0.3, 0.4) is 0 Å². The van der Waals surface area contributed by atoms with E-state index < -0.39 is 34.9 Å². The van der Waals surface area contributed by atoms with Crippen molar-refractivity contribution in [2.45, 2.75) is 11.5 Å². The number of hydrogen-bond acceptors (Lipinski definition) is 7. The van der Waals surface area contributed by atoms with Crippen LogP contribution in [0.5, 0.6) is 5.75 Å². The molecule has 1 saturated heterocycles. The van der Waals surface area contributed by atoms with E-state index in [1.54, 1.807) is 0 Å². The number of nitrogens with zero attached hydrogens (tertiary/aromatic N) is 2. The van der Waals surface area contributed by atoms with Gasteiger partial charge in [-0.3, -0.25) is 14.4 Å². The highest BCUT2D eigenvalue weighted by atomic mass is 32.2. The van der Waals surface area contributed by atoms with Crippen LogP contribution in [0.25, 0.3) is 0 Å². The highest BCUT2D eigenvalue weighted by Crippen LogP contribution is 2.19. The summed E-state index contributed by atoms with van der Waals surface area (Å²) in [5.74, 6) is -0.622. The molecular weight excluding hydrogens is 450 g/mol. The van der Waals surface area contributed by atoms with Gasteiger partial charge in [-0.25, -0.2) is 13.9 Å². The lowest BCUT2D eigenvalue weighted by molar-refractivity contribution is -0.137. The molecule has 0 unspecified atom stereocenters. The minimum absolute atomic E-state index is 0.0592. The first-order valence-corrected chi connectivity index (χ1v) is 11.8. The number of morpholine rings is 1. The third-order valence-corrected chi connectivity index (χ3v) is 6.77. The number of rotatable bonds is 10. The normalized spacial score (nSPS) is 14.2. The zero-order valence-corrected chi connectivity index (χ0v) is 19.1. The predicted molar refractivity (Wildman–Crippen MR) is 119 cm³/mol. The van der Waals surface area contributed by atoms with Crippen molar-refractivity contribution in [2.24, 2.45) is 0 Å². The van der Waals surface area contributed by atoms with Crippen molar-refractivity contribution in [1.29, 1.82) is 0 Å². The van der Waals surface area contributed by atoms with Gasteiger partial charge in [-0.05, 0) is 29.8 Å². The Labute approximate surface area is 193 Å². The van der Waals surface area contributed by atoms with Gasteiger partial charge in [0.05, 0.1) is 44.9 Å². The molecule has 1 aliphatic rings. The Bertz CT molecular complexity index is 1020. The summed E-state index contributed by atoms with van der Waals surface area (Å²) in [7, 11) is -2.68. The molecule has 33 heavy (non-hydrogen) atoms. The molecule has 0 radical (unpaired) electrons. The number of nitrogens with one attached hydrogen (secondary N) is 1. The minimum atomic E-state index is -4.15. The zero-order chi connectivity index (χ0) is 23.7. The van der Waals surface area contributed by atoms with Crippen molar-refractivity contribution >= 4 is 21.8 Å². The highest BCUT2D eigenvalue weighted by molar-refractivity contribution is 7.89. The van der Waals surface area contributed by atoms with Crippen LogP contribution in [0, 0.1) is 0 Å². The molecular formula is C22H27N3O7S. The van der Waals surface area contributed by atoms with Crippen molar-refractivity contribution < 1.29 is 32.3 Å². The molecule has 1 aliphatic heterocycles. The SMILES string of the molecule is COc1ccc(S(=O)(=O)N(CC(=O)NOCc2ccccc2)CC(=O)N2CCOCC2)cc1. The van der Waals surface area contributed by atoms with Gasteiger partial charge < -0.3 is 14.4 Å². The molecule has 178 valence electrons. The minimum Gasteiger partial charge on any atom is -0.497 e. The number of carbonyl (C=O) groups excluding carboxylic acids is 2. The molecule has 3 rings (SSSR count). The number of ether oxygens (including phenoxy) is 2. The molecule has 0 atom stereocenters. The average Bonchev–Trinajstić information content (AvgIpc) is 2.84. The molecule has 0 aromatic heterocycles.